The summed E-state index contributed by atoms with van der Waals surface area (Å²) in [6, 6.07) is 11.3. The lowest BCUT2D eigenvalue weighted by Crippen LogP contribution is -2.16. The fourth-order valence-corrected chi connectivity index (χ4v) is 2.46. The molecule has 0 radical (unpaired) electrons. The van der Waals surface area contributed by atoms with Crippen molar-refractivity contribution in [3.05, 3.63) is 71.4 Å². The number of carbonyl (C=O) groups is 1. The Balaban J connectivity index is 1.84. The van der Waals surface area contributed by atoms with Crippen LogP contribution in [0.2, 0.25) is 0 Å². The van der Waals surface area contributed by atoms with Crippen LogP contribution in [0.4, 0.5) is 5.82 Å². The highest BCUT2D eigenvalue weighted by molar-refractivity contribution is 6.04. The topological polar surface area (TPSA) is 72.7 Å². The van der Waals surface area contributed by atoms with Crippen LogP contribution in [0.25, 0.3) is 0 Å². The zero-order valence-corrected chi connectivity index (χ0v) is 13.0. The monoisotopic (exact) mass is 307 g/mol. The van der Waals surface area contributed by atoms with Gasteiger partial charge >= 0.3 is 0 Å². The zero-order valence-electron chi connectivity index (χ0n) is 13.0. The van der Waals surface area contributed by atoms with E-state index in [0.29, 0.717) is 17.9 Å². The normalized spacial score (nSPS) is 10.5. The summed E-state index contributed by atoms with van der Waals surface area (Å²) in [5.74, 6) is 0.376. The molecule has 0 unspecified atom stereocenters. The first kappa shape index (κ1) is 14.9. The quantitative estimate of drug-likeness (QED) is 0.804. The van der Waals surface area contributed by atoms with Gasteiger partial charge in [-0.2, -0.15) is 5.10 Å². The largest absolute Gasteiger partial charge is 0.307 e. The number of hydrogen-bond donors (Lipinski definition) is 1. The van der Waals surface area contributed by atoms with Crippen molar-refractivity contribution in [3.63, 3.8) is 0 Å². The molecule has 6 nitrogen and oxygen atoms in total. The number of nitrogens with one attached hydrogen (secondary N) is 1. The SMILES string of the molecule is Cc1cc(C)nc(NC(=O)c2ccccc2Cn2cncn2)c1. The summed E-state index contributed by atoms with van der Waals surface area (Å²) in [7, 11) is 0. The molecule has 3 rings (SSSR count). The van der Waals surface area contributed by atoms with E-state index in [4.69, 9.17) is 0 Å². The van der Waals surface area contributed by atoms with Crippen LogP contribution in [-0.2, 0) is 6.54 Å². The Kier molecular flexibility index (Phi) is 4.14. The summed E-state index contributed by atoms with van der Waals surface area (Å²) in [5, 5.41) is 6.95. The number of benzene rings is 1. The maximum absolute atomic E-state index is 12.6. The molecule has 2 heterocycles. The summed E-state index contributed by atoms with van der Waals surface area (Å²) in [6.07, 6.45) is 3.10. The lowest BCUT2D eigenvalue weighted by atomic mass is 10.1. The highest BCUT2D eigenvalue weighted by Gasteiger charge is 2.12. The minimum absolute atomic E-state index is 0.182. The summed E-state index contributed by atoms with van der Waals surface area (Å²) in [6.45, 7) is 4.37. The molecule has 0 bridgehead atoms. The Bertz CT molecular complexity index is 807. The molecule has 0 spiro atoms. The van der Waals surface area contributed by atoms with E-state index in [1.165, 1.54) is 6.33 Å². The van der Waals surface area contributed by atoms with Gasteiger partial charge in [0.2, 0.25) is 0 Å². The van der Waals surface area contributed by atoms with Gasteiger partial charge < -0.3 is 5.32 Å². The molecule has 1 amide bonds. The third-order valence-corrected chi connectivity index (χ3v) is 3.40. The minimum atomic E-state index is -0.182. The van der Waals surface area contributed by atoms with E-state index in [1.807, 2.05) is 44.2 Å². The molecule has 1 aromatic carbocycles. The predicted octanol–water partition coefficient (Wildman–Crippen LogP) is 2.59. The fourth-order valence-electron chi connectivity index (χ4n) is 2.46. The molecule has 0 saturated heterocycles. The molecule has 2 aromatic heterocycles. The predicted molar refractivity (Wildman–Crippen MR) is 87.2 cm³/mol. The molecular formula is C17H17N5O. The molecular weight excluding hydrogens is 290 g/mol. The number of carbonyl (C=O) groups excluding carboxylic acids is 1. The van der Waals surface area contributed by atoms with E-state index in [1.54, 1.807) is 17.1 Å². The summed E-state index contributed by atoms with van der Waals surface area (Å²) < 4.78 is 1.68. The summed E-state index contributed by atoms with van der Waals surface area (Å²) >= 11 is 0. The van der Waals surface area contributed by atoms with Gasteiger partial charge in [0, 0.05) is 11.3 Å². The van der Waals surface area contributed by atoms with Gasteiger partial charge in [0.1, 0.15) is 18.5 Å². The van der Waals surface area contributed by atoms with Crippen LogP contribution >= 0.6 is 0 Å². The van der Waals surface area contributed by atoms with Gasteiger partial charge in [-0.15, -0.1) is 0 Å². The minimum Gasteiger partial charge on any atom is -0.307 e. The van der Waals surface area contributed by atoms with Crippen molar-refractivity contribution in [3.8, 4) is 0 Å². The Morgan fingerprint density at radius 3 is 2.78 bits per heavy atom. The van der Waals surface area contributed by atoms with E-state index in [-0.39, 0.29) is 5.91 Å². The number of nitrogens with zero attached hydrogens (tertiary/aromatic N) is 4. The van der Waals surface area contributed by atoms with E-state index >= 15 is 0 Å². The molecule has 23 heavy (non-hydrogen) atoms. The van der Waals surface area contributed by atoms with Crippen molar-refractivity contribution in [1.82, 2.24) is 19.7 Å². The van der Waals surface area contributed by atoms with Crippen LogP contribution in [0.15, 0.2) is 49.1 Å². The molecule has 0 aliphatic heterocycles. The maximum atomic E-state index is 12.6. The molecule has 0 aliphatic carbocycles. The number of rotatable bonds is 4. The summed E-state index contributed by atoms with van der Waals surface area (Å²) in [5.41, 5.74) is 3.41. The van der Waals surface area contributed by atoms with Crippen LogP contribution < -0.4 is 5.32 Å². The number of aromatic nitrogens is 4. The molecule has 1 N–H and O–H groups in total. The van der Waals surface area contributed by atoms with E-state index in [0.717, 1.165) is 16.8 Å². The van der Waals surface area contributed by atoms with Crippen LogP contribution in [0.3, 0.4) is 0 Å². The number of pyridine rings is 1. The maximum Gasteiger partial charge on any atom is 0.257 e. The highest BCUT2D eigenvalue weighted by atomic mass is 16.1. The van der Waals surface area contributed by atoms with Crippen molar-refractivity contribution in [1.29, 1.82) is 0 Å². The van der Waals surface area contributed by atoms with Gasteiger partial charge in [-0.3, -0.25) is 4.79 Å². The Morgan fingerprint density at radius 1 is 1.22 bits per heavy atom. The second-order valence-corrected chi connectivity index (χ2v) is 5.38. The van der Waals surface area contributed by atoms with Crippen LogP contribution in [-0.4, -0.2) is 25.7 Å². The van der Waals surface area contributed by atoms with Crippen molar-refractivity contribution >= 4 is 11.7 Å². The lowest BCUT2D eigenvalue weighted by molar-refractivity contribution is 0.102. The number of amides is 1. The van der Waals surface area contributed by atoms with E-state index in [9.17, 15) is 4.79 Å². The van der Waals surface area contributed by atoms with Crippen LogP contribution in [0.1, 0.15) is 27.2 Å². The van der Waals surface area contributed by atoms with Crippen molar-refractivity contribution < 1.29 is 4.79 Å². The number of anilines is 1. The van der Waals surface area contributed by atoms with Gasteiger partial charge in [-0.1, -0.05) is 18.2 Å². The Labute approximate surface area is 134 Å². The molecule has 0 fully saturated rings. The molecule has 0 aliphatic rings. The average molecular weight is 307 g/mol. The second-order valence-electron chi connectivity index (χ2n) is 5.38. The van der Waals surface area contributed by atoms with Gasteiger partial charge in [0.15, 0.2) is 0 Å². The Hall–Kier alpha value is -3.02. The Morgan fingerprint density at radius 2 is 2.04 bits per heavy atom. The van der Waals surface area contributed by atoms with E-state index in [2.05, 4.69) is 20.4 Å². The number of aryl methyl sites for hydroxylation is 2. The molecule has 0 atom stereocenters. The molecule has 6 heteroatoms. The molecule has 3 aromatic rings. The standard InChI is InChI=1S/C17H17N5O/c1-12-7-13(2)20-16(8-12)21-17(23)15-6-4-3-5-14(15)9-22-11-18-10-19-22/h3-8,10-11H,9H2,1-2H3,(H,20,21,23). The first-order valence-electron chi connectivity index (χ1n) is 7.29. The van der Waals surface area contributed by atoms with Crippen LogP contribution in [0, 0.1) is 13.8 Å². The van der Waals surface area contributed by atoms with Gasteiger partial charge in [-0.05, 0) is 43.2 Å². The lowest BCUT2D eigenvalue weighted by Gasteiger charge is -2.10. The average Bonchev–Trinajstić information content (AvgIpc) is 2.99. The third-order valence-electron chi connectivity index (χ3n) is 3.40. The first-order chi connectivity index (χ1) is 11.1. The van der Waals surface area contributed by atoms with E-state index < -0.39 is 0 Å². The summed E-state index contributed by atoms with van der Waals surface area (Å²) in [4.78, 5) is 20.9. The first-order valence-corrected chi connectivity index (χ1v) is 7.29. The van der Waals surface area contributed by atoms with Gasteiger partial charge in [-0.25, -0.2) is 14.6 Å². The smallest absolute Gasteiger partial charge is 0.257 e. The molecule has 116 valence electrons. The number of hydrogen-bond acceptors (Lipinski definition) is 4. The zero-order chi connectivity index (χ0) is 16.2. The van der Waals surface area contributed by atoms with Crippen molar-refractivity contribution in [2.75, 3.05) is 5.32 Å². The molecule has 0 saturated carbocycles. The second kappa shape index (κ2) is 6.39. The van der Waals surface area contributed by atoms with Crippen molar-refractivity contribution in [2.45, 2.75) is 20.4 Å². The fraction of sp³-hybridized carbons (Fsp3) is 0.176. The van der Waals surface area contributed by atoms with Crippen molar-refractivity contribution in [2.24, 2.45) is 0 Å². The highest BCUT2D eigenvalue weighted by Crippen LogP contribution is 2.14. The van der Waals surface area contributed by atoms with Crippen LogP contribution in [0.5, 0.6) is 0 Å². The third kappa shape index (κ3) is 3.60. The van der Waals surface area contributed by atoms with Gasteiger partial charge in [0.25, 0.3) is 5.91 Å². The van der Waals surface area contributed by atoms with Gasteiger partial charge in [0.05, 0.1) is 6.54 Å².